The van der Waals surface area contributed by atoms with Crippen molar-refractivity contribution in [1.29, 1.82) is 0 Å². The summed E-state index contributed by atoms with van der Waals surface area (Å²) in [6, 6.07) is 8.44. The number of fused-ring (bicyclic) bond motifs is 1. The van der Waals surface area contributed by atoms with Crippen molar-refractivity contribution in [3.63, 3.8) is 0 Å². The van der Waals surface area contributed by atoms with E-state index in [9.17, 15) is 19.5 Å². The standard InChI is InChI=1S/C27H36N2O4/c1-2-3-4-5-6-7-8-9-10-13-18-28-27(33)22-19-23(29-24(30)16-17-25(29)31)20-14-11-12-15-21(20)26(22)32/h11-12,14-15,19,32H,2-10,13,16-18H2,1H3,(H,28,33). The van der Waals surface area contributed by atoms with Crippen molar-refractivity contribution in [1.82, 2.24) is 5.32 Å². The molecule has 0 unspecified atom stereocenters. The summed E-state index contributed by atoms with van der Waals surface area (Å²) in [5.74, 6) is -1.09. The molecule has 3 amide bonds. The van der Waals surface area contributed by atoms with Gasteiger partial charge in [-0.1, -0.05) is 89.0 Å². The Morgan fingerprint density at radius 2 is 1.42 bits per heavy atom. The van der Waals surface area contributed by atoms with E-state index in [1.54, 1.807) is 24.3 Å². The van der Waals surface area contributed by atoms with Gasteiger partial charge < -0.3 is 10.4 Å². The summed E-state index contributed by atoms with van der Waals surface area (Å²) in [6.45, 7) is 2.76. The van der Waals surface area contributed by atoms with Crippen LogP contribution in [-0.2, 0) is 9.59 Å². The molecule has 33 heavy (non-hydrogen) atoms. The number of imide groups is 1. The van der Waals surface area contributed by atoms with Crippen molar-refractivity contribution in [2.75, 3.05) is 11.4 Å². The number of phenols is 1. The Hall–Kier alpha value is -2.89. The maximum atomic E-state index is 12.8. The van der Waals surface area contributed by atoms with Crippen molar-refractivity contribution in [3.05, 3.63) is 35.9 Å². The van der Waals surface area contributed by atoms with Gasteiger partial charge in [-0.15, -0.1) is 0 Å². The summed E-state index contributed by atoms with van der Waals surface area (Å²) in [7, 11) is 0. The molecule has 0 radical (unpaired) electrons. The van der Waals surface area contributed by atoms with Gasteiger partial charge in [-0.3, -0.25) is 14.4 Å². The third-order valence-corrected chi connectivity index (χ3v) is 6.35. The van der Waals surface area contributed by atoms with Crippen molar-refractivity contribution in [2.45, 2.75) is 84.0 Å². The first-order valence-electron chi connectivity index (χ1n) is 12.4. The average Bonchev–Trinajstić information content (AvgIpc) is 3.15. The van der Waals surface area contributed by atoms with E-state index < -0.39 is 5.91 Å². The van der Waals surface area contributed by atoms with Crippen molar-refractivity contribution < 1.29 is 19.5 Å². The maximum Gasteiger partial charge on any atom is 0.255 e. The van der Waals surface area contributed by atoms with Crippen LogP contribution in [0, 0.1) is 0 Å². The normalized spacial score (nSPS) is 13.8. The molecule has 0 aliphatic carbocycles. The topological polar surface area (TPSA) is 86.7 Å². The molecule has 0 bridgehead atoms. The number of carbonyl (C=O) groups excluding carboxylic acids is 3. The lowest BCUT2D eigenvalue weighted by Crippen LogP contribution is -2.30. The van der Waals surface area contributed by atoms with E-state index in [0.717, 1.165) is 24.2 Å². The number of nitrogens with one attached hydrogen (secondary N) is 1. The third-order valence-electron chi connectivity index (χ3n) is 6.35. The number of anilines is 1. The molecule has 1 saturated heterocycles. The lowest BCUT2D eigenvalue weighted by Gasteiger charge is -2.19. The highest BCUT2D eigenvalue weighted by Gasteiger charge is 2.32. The molecule has 6 nitrogen and oxygen atoms in total. The molecule has 1 aliphatic rings. The average molecular weight is 453 g/mol. The quantitative estimate of drug-likeness (QED) is 0.295. The maximum absolute atomic E-state index is 12.8. The fourth-order valence-corrected chi connectivity index (χ4v) is 4.45. The van der Waals surface area contributed by atoms with Gasteiger partial charge >= 0.3 is 0 Å². The number of hydrogen-bond acceptors (Lipinski definition) is 4. The third kappa shape index (κ3) is 6.34. The van der Waals surface area contributed by atoms with Crippen LogP contribution in [0.25, 0.3) is 10.8 Å². The molecule has 0 atom stereocenters. The molecule has 178 valence electrons. The number of rotatable bonds is 13. The fourth-order valence-electron chi connectivity index (χ4n) is 4.45. The Morgan fingerprint density at radius 3 is 2.03 bits per heavy atom. The Balaban J connectivity index is 1.56. The number of nitrogens with zero attached hydrogens (tertiary/aromatic N) is 1. The Bertz CT molecular complexity index is 969. The molecule has 2 aromatic carbocycles. The zero-order valence-electron chi connectivity index (χ0n) is 19.7. The van der Waals surface area contributed by atoms with E-state index in [1.807, 2.05) is 0 Å². The van der Waals surface area contributed by atoms with Gasteiger partial charge in [0, 0.05) is 30.2 Å². The van der Waals surface area contributed by atoms with Crippen molar-refractivity contribution in [3.8, 4) is 5.75 Å². The minimum Gasteiger partial charge on any atom is -0.506 e. The highest BCUT2D eigenvalue weighted by atomic mass is 16.3. The number of aromatic hydroxyl groups is 1. The van der Waals surface area contributed by atoms with E-state index in [4.69, 9.17) is 0 Å². The number of benzene rings is 2. The van der Waals surface area contributed by atoms with Crippen molar-refractivity contribution >= 4 is 34.2 Å². The molecule has 2 aromatic rings. The molecule has 0 saturated carbocycles. The van der Waals surface area contributed by atoms with Crippen LogP contribution in [0.4, 0.5) is 5.69 Å². The van der Waals surface area contributed by atoms with Gasteiger partial charge in [0.05, 0.1) is 11.3 Å². The summed E-state index contributed by atoms with van der Waals surface area (Å²) in [5, 5.41) is 14.7. The van der Waals surface area contributed by atoms with Crippen LogP contribution in [0.15, 0.2) is 30.3 Å². The number of hydrogen-bond donors (Lipinski definition) is 2. The minimum absolute atomic E-state index is 0.0864. The second-order valence-corrected chi connectivity index (χ2v) is 8.90. The molecular formula is C27H36N2O4. The van der Waals surface area contributed by atoms with E-state index >= 15 is 0 Å². The molecule has 1 fully saturated rings. The number of amides is 3. The monoisotopic (exact) mass is 452 g/mol. The van der Waals surface area contributed by atoms with Gasteiger partial charge in [-0.25, -0.2) is 4.90 Å². The van der Waals surface area contributed by atoms with Gasteiger partial charge in [0.25, 0.3) is 5.91 Å². The molecular weight excluding hydrogens is 416 g/mol. The second kappa shape index (κ2) is 12.4. The van der Waals surface area contributed by atoms with E-state index in [2.05, 4.69) is 12.2 Å². The molecule has 0 aromatic heterocycles. The van der Waals surface area contributed by atoms with Crippen LogP contribution in [0.2, 0.25) is 0 Å². The van der Waals surface area contributed by atoms with Gasteiger partial charge in [0.1, 0.15) is 5.75 Å². The minimum atomic E-state index is -0.394. The largest absolute Gasteiger partial charge is 0.506 e. The van der Waals surface area contributed by atoms with Gasteiger partial charge in [-0.2, -0.15) is 0 Å². The summed E-state index contributed by atoms with van der Waals surface area (Å²) in [4.78, 5) is 38.6. The zero-order valence-corrected chi connectivity index (χ0v) is 19.7. The first-order chi connectivity index (χ1) is 16.0. The first kappa shape index (κ1) is 24.7. The summed E-state index contributed by atoms with van der Waals surface area (Å²) < 4.78 is 0. The molecule has 1 aliphatic heterocycles. The lowest BCUT2D eigenvalue weighted by molar-refractivity contribution is -0.121. The Kier molecular flexibility index (Phi) is 9.28. The van der Waals surface area contributed by atoms with Gasteiger partial charge in [0.2, 0.25) is 11.8 Å². The predicted octanol–water partition coefficient (Wildman–Crippen LogP) is 5.85. The summed E-state index contributed by atoms with van der Waals surface area (Å²) in [6.07, 6.45) is 12.5. The Morgan fingerprint density at radius 1 is 0.879 bits per heavy atom. The van der Waals surface area contributed by atoms with E-state index in [0.29, 0.717) is 23.0 Å². The van der Waals surface area contributed by atoms with Crippen LogP contribution in [0.5, 0.6) is 5.75 Å². The highest BCUT2D eigenvalue weighted by Crippen LogP contribution is 2.38. The van der Waals surface area contributed by atoms with Crippen LogP contribution in [-0.4, -0.2) is 29.4 Å². The van der Waals surface area contributed by atoms with Crippen LogP contribution < -0.4 is 10.2 Å². The zero-order chi connectivity index (χ0) is 23.6. The van der Waals surface area contributed by atoms with Crippen LogP contribution in [0.1, 0.15) is 94.3 Å². The number of unbranched alkanes of at least 4 members (excludes halogenated alkanes) is 9. The fraction of sp³-hybridized carbons (Fsp3) is 0.519. The molecule has 3 rings (SSSR count). The predicted molar refractivity (Wildman–Crippen MR) is 132 cm³/mol. The SMILES string of the molecule is CCCCCCCCCCCCNC(=O)c1cc(N2C(=O)CCC2=O)c2ccccc2c1O. The second-order valence-electron chi connectivity index (χ2n) is 8.90. The van der Waals surface area contributed by atoms with Gasteiger partial charge in [-0.05, 0) is 12.5 Å². The number of phenolic OH excluding ortho intramolecular Hbond substituents is 1. The summed E-state index contributed by atoms with van der Waals surface area (Å²) in [5.41, 5.74) is 0.447. The van der Waals surface area contributed by atoms with Crippen molar-refractivity contribution in [2.24, 2.45) is 0 Å². The smallest absolute Gasteiger partial charge is 0.255 e. The highest BCUT2D eigenvalue weighted by molar-refractivity contribution is 6.24. The van der Waals surface area contributed by atoms with E-state index in [1.165, 1.54) is 51.0 Å². The lowest BCUT2D eigenvalue weighted by atomic mass is 10.0. The van der Waals surface area contributed by atoms with Crippen LogP contribution in [0.3, 0.4) is 0 Å². The molecule has 6 heteroatoms. The van der Waals surface area contributed by atoms with E-state index in [-0.39, 0.29) is 36.0 Å². The molecule has 2 N–H and O–H groups in total. The number of carbonyl (C=O) groups is 3. The Labute approximate surface area is 196 Å². The molecule has 0 spiro atoms. The summed E-state index contributed by atoms with van der Waals surface area (Å²) >= 11 is 0. The molecule has 1 heterocycles. The van der Waals surface area contributed by atoms with Crippen LogP contribution >= 0.6 is 0 Å². The first-order valence-corrected chi connectivity index (χ1v) is 12.4. The van der Waals surface area contributed by atoms with Gasteiger partial charge in [0.15, 0.2) is 0 Å².